The third-order valence-corrected chi connectivity index (χ3v) is 5.77. The number of carbonyl (C=O) groups excluding carboxylic acids is 3. The molecular formula is C20H13ClN4O5S. The summed E-state index contributed by atoms with van der Waals surface area (Å²) in [6, 6.07) is 10.9. The first-order valence-electron chi connectivity index (χ1n) is 8.93. The smallest absolute Gasteiger partial charge is 0.282 e. The molecule has 0 saturated carbocycles. The summed E-state index contributed by atoms with van der Waals surface area (Å²) in [5, 5.41) is 14.7. The highest BCUT2D eigenvalue weighted by molar-refractivity contribution is 7.16. The normalized spacial score (nSPS) is 12.8. The van der Waals surface area contributed by atoms with Gasteiger partial charge in [0.25, 0.3) is 17.5 Å². The molecule has 0 saturated heterocycles. The number of thiazole rings is 1. The number of aryl methyl sites for hydroxylation is 1. The van der Waals surface area contributed by atoms with E-state index in [0.29, 0.717) is 20.7 Å². The number of nitro groups is 1. The average Bonchev–Trinajstić information content (AvgIpc) is 3.21. The number of nitrogens with one attached hydrogen (secondary N) is 1. The van der Waals surface area contributed by atoms with Crippen molar-refractivity contribution >= 4 is 51.5 Å². The Hall–Kier alpha value is -3.63. The van der Waals surface area contributed by atoms with E-state index in [0.717, 1.165) is 16.5 Å². The lowest BCUT2D eigenvalue weighted by Crippen LogP contribution is -2.37. The van der Waals surface area contributed by atoms with Crippen LogP contribution in [0.2, 0.25) is 5.02 Å². The van der Waals surface area contributed by atoms with E-state index in [1.165, 1.54) is 23.5 Å². The van der Waals surface area contributed by atoms with Gasteiger partial charge in [0.1, 0.15) is 12.1 Å². The van der Waals surface area contributed by atoms with Crippen molar-refractivity contribution in [1.82, 2.24) is 9.88 Å². The number of imide groups is 1. The molecule has 2 aromatic carbocycles. The van der Waals surface area contributed by atoms with Crippen LogP contribution in [0.3, 0.4) is 0 Å². The van der Waals surface area contributed by atoms with Crippen molar-refractivity contribution in [3.05, 3.63) is 73.6 Å². The largest absolute Gasteiger partial charge is 0.300 e. The summed E-state index contributed by atoms with van der Waals surface area (Å²) in [5.41, 5.74) is 0.629. The number of anilines is 1. The van der Waals surface area contributed by atoms with Gasteiger partial charge in [-0.2, -0.15) is 0 Å². The number of hydrogen-bond acceptors (Lipinski definition) is 7. The van der Waals surface area contributed by atoms with Gasteiger partial charge >= 0.3 is 0 Å². The summed E-state index contributed by atoms with van der Waals surface area (Å²) < 4.78 is 0. The first kappa shape index (κ1) is 20.6. The highest BCUT2D eigenvalue weighted by atomic mass is 35.5. The van der Waals surface area contributed by atoms with Crippen LogP contribution >= 0.6 is 22.9 Å². The van der Waals surface area contributed by atoms with E-state index in [4.69, 9.17) is 11.6 Å². The van der Waals surface area contributed by atoms with Crippen LogP contribution in [0.25, 0.3) is 11.3 Å². The Kier molecular flexibility index (Phi) is 5.25. The minimum atomic E-state index is -0.875. The van der Waals surface area contributed by atoms with Crippen LogP contribution in [0.15, 0.2) is 42.5 Å². The molecule has 0 fully saturated rings. The lowest BCUT2D eigenvalue weighted by molar-refractivity contribution is -0.385. The molecule has 156 valence electrons. The highest BCUT2D eigenvalue weighted by Crippen LogP contribution is 2.32. The maximum atomic E-state index is 12.6. The fraction of sp³-hybridized carbons (Fsp3) is 0.100. The third kappa shape index (κ3) is 3.78. The number of nitrogens with zero attached hydrogens (tertiary/aromatic N) is 3. The van der Waals surface area contributed by atoms with Gasteiger partial charge in [0.05, 0.1) is 16.2 Å². The van der Waals surface area contributed by atoms with E-state index in [1.807, 2.05) is 19.1 Å². The van der Waals surface area contributed by atoms with Crippen molar-refractivity contribution in [2.24, 2.45) is 0 Å². The molecule has 0 spiro atoms. The Bertz CT molecular complexity index is 1250. The highest BCUT2D eigenvalue weighted by Gasteiger charge is 2.41. The second-order valence-corrected chi connectivity index (χ2v) is 8.27. The summed E-state index contributed by atoms with van der Waals surface area (Å²) in [6.07, 6.45) is 0. The maximum absolute atomic E-state index is 12.6. The van der Waals surface area contributed by atoms with Gasteiger partial charge in [-0.05, 0) is 25.1 Å². The minimum Gasteiger partial charge on any atom is -0.300 e. The van der Waals surface area contributed by atoms with Crippen molar-refractivity contribution in [2.45, 2.75) is 6.92 Å². The number of amides is 3. The van der Waals surface area contributed by atoms with Crippen molar-refractivity contribution in [3.8, 4) is 11.3 Å². The fourth-order valence-electron chi connectivity index (χ4n) is 3.24. The SMILES string of the molecule is Cc1sc(NC(=O)CN2C(=O)c3cccc([N+](=O)[O-])c3C2=O)nc1-c1ccc(Cl)cc1. The zero-order valence-electron chi connectivity index (χ0n) is 15.9. The second kappa shape index (κ2) is 7.89. The predicted octanol–water partition coefficient (Wildman–Crippen LogP) is 3.91. The molecule has 31 heavy (non-hydrogen) atoms. The van der Waals surface area contributed by atoms with Crippen LogP contribution in [0.1, 0.15) is 25.6 Å². The van der Waals surface area contributed by atoms with Gasteiger partial charge in [-0.25, -0.2) is 4.98 Å². The van der Waals surface area contributed by atoms with Crippen molar-refractivity contribution in [2.75, 3.05) is 11.9 Å². The van der Waals surface area contributed by atoms with E-state index in [-0.39, 0.29) is 11.1 Å². The van der Waals surface area contributed by atoms with Gasteiger partial charge in [-0.3, -0.25) is 29.4 Å². The summed E-state index contributed by atoms with van der Waals surface area (Å²) in [5.74, 6) is -2.27. The van der Waals surface area contributed by atoms with E-state index in [2.05, 4.69) is 10.3 Å². The second-order valence-electron chi connectivity index (χ2n) is 6.63. The van der Waals surface area contributed by atoms with Gasteiger partial charge in [0, 0.05) is 21.5 Å². The zero-order chi connectivity index (χ0) is 22.3. The number of rotatable bonds is 5. The molecule has 0 atom stereocenters. The van der Waals surface area contributed by atoms with Crippen molar-refractivity contribution in [3.63, 3.8) is 0 Å². The molecule has 0 unspecified atom stereocenters. The number of nitro benzene ring substituents is 1. The Morgan fingerprint density at radius 3 is 2.58 bits per heavy atom. The fourth-order valence-corrected chi connectivity index (χ4v) is 4.22. The molecule has 1 aliphatic rings. The molecule has 3 aromatic rings. The molecular weight excluding hydrogens is 444 g/mol. The number of aromatic nitrogens is 1. The molecule has 1 aliphatic heterocycles. The quantitative estimate of drug-likeness (QED) is 0.352. The number of hydrogen-bond donors (Lipinski definition) is 1. The van der Waals surface area contributed by atoms with E-state index in [9.17, 15) is 24.5 Å². The van der Waals surface area contributed by atoms with Crippen LogP contribution < -0.4 is 5.32 Å². The minimum absolute atomic E-state index is 0.0953. The first-order valence-corrected chi connectivity index (χ1v) is 10.1. The number of carbonyl (C=O) groups is 3. The molecule has 1 aromatic heterocycles. The molecule has 11 heteroatoms. The first-order chi connectivity index (χ1) is 14.8. The molecule has 9 nitrogen and oxygen atoms in total. The standard InChI is InChI=1S/C20H13ClN4O5S/c1-10-17(11-5-7-12(21)8-6-11)23-20(31-10)22-15(26)9-24-18(27)13-3-2-4-14(25(29)30)16(13)19(24)28/h2-8H,9H2,1H3,(H,22,23,26). The molecule has 2 heterocycles. The molecule has 0 radical (unpaired) electrons. The monoisotopic (exact) mass is 456 g/mol. The third-order valence-electron chi connectivity index (χ3n) is 4.64. The van der Waals surface area contributed by atoms with Gasteiger partial charge in [-0.1, -0.05) is 29.8 Å². The van der Waals surface area contributed by atoms with Crippen LogP contribution in [-0.2, 0) is 4.79 Å². The average molecular weight is 457 g/mol. The van der Waals surface area contributed by atoms with Crippen LogP contribution in [0.5, 0.6) is 0 Å². The van der Waals surface area contributed by atoms with Crippen LogP contribution in [-0.4, -0.2) is 39.1 Å². The summed E-state index contributed by atoms with van der Waals surface area (Å²) >= 11 is 7.15. The Morgan fingerprint density at radius 1 is 1.19 bits per heavy atom. The van der Waals surface area contributed by atoms with Crippen LogP contribution in [0.4, 0.5) is 10.8 Å². The summed E-state index contributed by atoms with van der Waals surface area (Å²) in [4.78, 5) is 54.0. The molecule has 4 rings (SSSR count). The molecule has 3 amide bonds. The Labute approximate surface area is 184 Å². The molecule has 0 bridgehead atoms. The van der Waals surface area contributed by atoms with Crippen molar-refractivity contribution in [1.29, 1.82) is 0 Å². The van der Waals surface area contributed by atoms with Gasteiger partial charge < -0.3 is 5.32 Å². The van der Waals surface area contributed by atoms with Crippen LogP contribution in [0, 0.1) is 17.0 Å². The van der Waals surface area contributed by atoms with E-state index >= 15 is 0 Å². The summed E-state index contributed by atoms with van der Waals surface area (Å²) in [6.45, 7) is 1.26. The summed E-state index contributed by atoms with van der Waals surface area (Å²) in [7, 11) is 0. The lowest BCUT2D eigenvalue weighted by atomic mass is 10.1. The number of benzene rings is 2. The van der Waals surface area contributed by atoms with Gasteiger partial charge in [-0.15, -0.1) is 11.3 Å². The Morgan fingerprint density at radius 2 is 1.90 bits per heavy atom. The predicted molar refractivity (Wildman–Crippen MR) is 114 cm³/mol. The zero-order valence-corrected chi connectivity index (χ0v) is 17.5. The van der Waals surface area contributed by atoms with Gasteiger partial charge in [0.2, 0.25) is 5.91 Å². The Balaban J connectivity index is 1.51. The number of fused-ring (bicyclic) bond motifs is 1. The molecule has 1 N–H and O–H groups in total. The van der Waals surface area contributed by atoms with Crippen molar-refractivity contribution < 1.29 is 19.3 Å². The number of halogens is 1. The topological polar surface area (TPSA) is 123 Å². The molecule has 0 aliphatic carbocycles. The van der Waals surface area contributed by atoms with Gasteiger partial charge in [0.15, 0.2) is 5.13 Å². The maximum Gasteiger partial charge on any atom is 0.282 e. The van der Waals surface area contributed by atoms with E-state index < -0.39 is 34.9 Å². The van der Waals surface area contributed by atoms with E-state index in [1.54, 1.807) is 12.1 Å². The lowest BCUT2D eigenvalue weighted by Gasteiger charge is -2.12.